The summed E-state index contributed by atoms with van der Waals surface area (Å²) in [5.74, 6) is -1.91. The van der Waals surface area contributed by atoms with Crippen LogP contribution in [0, 0.1) is 6.92 Å². The van der Waals surface area contributed by atoms with Crippen molar-refractivity contribution in [3.63, 3.8) is 0 Å². The first kappa shape index (κ1) is 27.5. The maximum atomic E-state index is 13.0. The van der Waals surface area contributed by atoms with Crippen LogP contribution in [-0.4, -0.2) is 63.3 Å². The lowest BCUT2D eigenvalue weighted by atomic mass is 9.98. The minimum atomic E-state index is -3.76. The van der Waals surface area contributed by atoms with Gasteiger partial charge in [-0.3, -0.25) is 9.59 Å². The summed E-state index contributed by atoms with van der Waals surface area (Å²) in [4.78, 5) is 38.3. The van der Waals surface area contributed by atoms with Crippen molar-refractivity contribution in [1.29, 1.82) is 0 Å². The van der Waals surface area contributed by atoms with Crippen LogP contribution in [0.3, 0.4) is 0 Å². The lowest BCUT2D eigenvalue weighted by Crippen LogP contribution is -2.40. The number of ether oxygens (including phenoxy) is 2. The van der Waals surface area contributed by atoms with Crippen molar-refractivity contribution in [2.45, 2.75) is 11.8 Å². The number of amides is 1. The molecule has 1 saturated heterocycles. The molecule has 1 fully saturated rings. The molecule has 0 unspecified atom stereocenters. The highest BCUT2D eigenvalue weighted by Crippen LogP contribution is 2.24. The summed E-state index contributed by atoms with van der Waals surface area (Å²) in [6.07, 6.45) is 0. The molecular formula is C27H25ClN2O7S. The molecule has 9 nitrogen and oxygen atoms in total. The van der Waals surface area contributed by atoms with E-state index in [2.05, 4.69) is 5.32 Å². The number of nitrogens with one attached hydrogen (secondary N) is 1. The first-order chi connectivity index (χ1) is 18.2. The molecule has 1 N–H and O–H groups in total. The highest BCUT2D eigenvalue weighted by atomic mass is 35.5. The molecule has 1 amide bonds. The summed E-state index contributed by atoms with van der Waals surface area (Å²) >= 11 is 5.89. The number of hydrogen-bond acceptors (Lipinski definition) is 7. The van der Waals surface area contributed by atoms with E-state index in [-0.39, 0.29) is 34.8 Å². The molecule has 11 heteroatoms. The normalized spacial score (nSPS) is 14.1. The Balaban J connectivity index is 1.43. The molecule has 0 aliphatic carbocycles. The zero-order chi connectivity index (χ0) is 27.3. The van der Waals surface area contributed by atoms with E-state index in [4.69, 9.17) is 21.1 Å². The van der Waals surface area contributed by atoms with Gasteiger partial charge in [0.1, 0.15) is 0 Å². The quantitative estimate of drug-likeness (QED) is 0.332. The van der Waals surface area contributed by atoms with E-state index in [1.165, 1.54) is 28.6 Å². The number of carbonyl (C=O) groups excluding carboxylic acids is 3. The van der Waals surface area contributed by atoms with Gasteiger partial charge in [-0.15, -0.1) is 0 Å². The molecule has 1 heterocycles. The van der Waals surface area contributed by atoms with Crippen molar-refractivity contribution < 1.29 is 32.3 Å². The summed E-state index contributed by atoms with van der Waals surface area (Å²) in [7, 11) is -3.76. The van der Waals surface area contributed by atoms with Crippen molar-refractivity contribution in [3.8, 4) is 0 Å². The molecule has 3 aromatic rings. The van der Waals surface area contributed by atoms with Gasteiger partial charge in [-0.1, -0.05) is 35.9 Å². The maximum Gasteiger partial charge on any atom is 0.339 e. The van der Waals surface area contributed by atoms with Gasteiger partial charge in [-0.2, -0.15) is 4.31 Å². The molecule has 38 heavy (non-hydrogen) atoms. The second-order valence-corrected chi connectivity index (χ2v) is 10.9. The van der Waals surface area contributed by atoms with E-state index in [0.717, 1.165) is 0 Å². The number of ketones is 1. The third-order valence-corrected chi connectivity index (χ3v) is 8.07. The van der Waals surface area contributed by atoms with Gasteiger partial charge >= 0.3 is 5.97 Å². The third-order valence-electron chi connectivity index (χ3n) is 5.92. The molecule has 0 spiro atoms. The number of halogens is 1. The van der Waals surface area contributed by atoms with Crippen LogP contribution in [0.4, 0.5) is 5.69 Å². The zero-order valence-electron chi connectivity index (χ0n) is 20.5. The summed E-state index contributed by atoms with van der Waals surface area (Å²) in [6.45, 7) is 2.20. The van der Waals surface area contributed by atoms with Crippen LogP contribution in [0.25, 0.3) is 0 Å². The molecule has 4 rings (SSSR count). The monoisotopic (exact) mass is 556 g/mol. The molecule has 3 aromatic carbocycles. The number of anilines is 1. The van der Waals surface area contributed by atoms with Crippen LogP contribution in [0.5, 0.6) is 0 Å². The highest BCUT2D eigenvalue weighted by molar-refractivity contribution is 7.89. The summed E-state index contributed by atoms with van der Waals surface area (Å²) in [5, 5.41) is 3.07. The Morgan fingerprint density at radius 2 is 1.63 bits per heavy atom. The zero-order valence-corrected chi connectivity index (χ0v) is 22.0. The predicted molar refractivity (Wildman–Crippen MR) is 141 cm³/mol. The molecule has 1 aliphatic heterocycles. The van der Waals surface area contributed by atoms with Crippen molar-refractivity contribution >= 4 is 45.0 Å². The fourth-order valence-corrected chi connectivity index (χ4v) is 5.40. The van der Waals surface area contributed by atoms with E-state index in [0.29, 0.717) is 29.4 Å². The van der Waals surface area contributed by atoms with E-state index >= 15 is 0 Å². The average Bonchev–Trinajstić information content (AvgIpc) is 2.93. The second kappa shape index (κ2) is 11.9. The van der Waals surface area contributed by atoms with Crippen molar-refractivity contribution in [1.82, 2.24) is 4.31 Å². The van der Waals surface area contributed by atoms with Gasteiger partial charge in [0, 0.05) is 34.9 Å². The number of nitrogens with zero attached hydrogens (tertiary/aromatic N) is 1. The van der Waals surface area contributed by atoms with Gasteiger partial charge in [-0.05, 0) is 55.0 Å². The molecule has 0 bridgehead atoms. The second-order valence-electron chi connectivity index (χ2n) is 8.50. The number of sulfonamides is 1. The Hall–Kier alpha value is -3.57. The Labute approximate surface area is 225 Å². The smallest absolute Gasteiger partial charge is 0.339 e. The first-order valence-corrected chi connectivity index (χ1v) is 13.5. The van der Waals surface area contributed by atoms with Crippen LogP contribution < -0.4 is 5.32 Å². The molecule has 0 aromatic heterocycles. The topological polar surface area (TPSA) is 119 Å². The van der Waals surface area contributed by atoms with E-state index in [1.807, 2.05) is 0 Å². The van der Waals surface area contributed by atoms with Gasteiger partial charge in [-0.25, -0.2) is 13.2 Å². The highest BCUT2D eigenvalue weighted by Gasteiger charge is 2.27. The fourth-order valence-electron chi connectivity index (χ4n) is 3.84. The van der Waals surface area contributed by atoms with Crippen molar-refractivity contribution in [2.75, 3.05) is 38.2 Å². The Morgan fingerprint density at radius 3 is 2.32 bits per heavy atom. The van der Waals surface area contributed by atoms with Gasteiger partial charge < -0.3 is 14.8 Å². The number of benzene rings is 3. The molecule has 1 aliphatic rings. The predicted octanol–water partition coefficient (Wildman–Crippen LogP) is 3.70. The molecule has 0 atom stereocenters. The number of esters is 1. The minimum absolute atomic E-state index is 0.00929. The van der Waals surface area contributed by atoms with Gasteiger partial charge in [0.25, 0.3) is 5.91 Å². The van der Waals surface area contributed by atoms with Gasteiger partial charge in [0.15, 0.2) is 12.4 Å². The first-order valence-electron chi connectivity index (χ1n) is 11.7. The standard InChI is InChI=1S/C27H25ClN2O7S/c1-18-6-11-21(38(34,35)30-12-14-36-15-13-30)16-24(18)29-25(31)17-37-27(33)23-5-3-2-4-22(23)26(32)19-7-9-20(28)10-8-19/h2-11,16H,12-15,17H2,1H3,(H,29,31). The number of hydrogen-bond donors (Lipinski definition) is 1. The van der Waals surface area contributed by atoms with Crippen molar-refractivity contribution in [2.24, 2.45) is 0 Å². The number of aryl methyl sites for hydroxylation is 1. The van der Waals surface area contributed by atoms with Crippen LogP contribution >= 0.6 is 11.6 Å². The van der Waals surface area contributed by atoms with Crippen LogP contribution in [-0.2, 0) is 24.3 Å². The Morgan fingerprint density at radius 1 is 0.974 bits per heavy atom. The lowest BCUT2D eigenvalue weighted by Gasteiger charge is -2.26. The van der Waals surface area contributed by atoms with Crippen LogP contribution in [0.2, 0.25) is 5.02 Å². The maximum absolute atomic E-state index is 13.0. The lowest BCUT2D eigenvalue weighted by molar-refractivity contribution is -0.119. The van der Waals surface area contributed by atoms with Gasteiger partial charge in [0.2, 0.25) is 10.0 Å². The minimum Gasteiger partial charge on any atom is -0.452 e. The number of morpholine rings is 1. The molecular weight excluding hydrogens is 532 g/mol. The SMILES string of the molecule is Cc1ccc(S(=O)(=O)N2CCOCC2)cc1NC(=O)COC(=O)c1ccccc1C(=O)c1ccc(Cl)cc1. The van der Waals surface area contributed by atoms with E-state index in [9.17, 15) is 22.8 Å². The Bertz CT molecular complexity index is 1470. The number of rotatable bonds is 8. The molecule has 0 saturated carbocycles. The summed E-state index contributed by atoms with van der Waals surface area (Å²) in [5.41, 5.74) is 1.38. The average molecular weight is 557 g/mol. The van der Waals surface area contributed by atoms with Crippen LogP contribution in [0.1, 0.15) is 31.8 Å². The molecule has 0 radical (unpaired) electrons. The largest absolute Gasteiger partial charge is 0.452 e. The van der Waals surface area contributed by atoms with Crippen molar-refractivity contribution in [3.05, 3.63) is 94.0 Å². The molecule has 198 valence electrons. The van der Waals surface area contributed by atoms with E-state index < -0.39 is 34.3 Å². The van der Waals surface area contributed by atoms with Crippen LogP contribution in [0.15, 0.2) is 71.6 Å². The van der Waals surface area contributed by atoms with Gasteiger partial charge in [0.05, 0.1) is 23.7 Å². The Kier molecular flexibility index (Phi) is 8.58. The number of carbonyl (C=O) groups is 3. The summed E-state index contributed by atoms with van der Waals surface area (Å²) in [6, 6.07) is 16.8. The third kappa shape index (κ3) is 6.28. The van der Waals surface area contributed by atoms with E-state index in [1.54, 1.807) is 49.4 Å². The summed E-state index contributed by atoms with van der Waals surface area (Å²) < 4.78 is 37.7. The fraction of sp³-hybridized carbons (Fsp3) is 0.222.